The van der Waals surface area contributed by atoms with Crippen LogP contribution in [-0.2, 0) is 7.05 Å². The average molecular weight is 370 g/mol. The van der Waals surface area contributed by atoms with Crippen LogP contribution < -0.4 is 9.80 Å². The van der Waals surface area contributed by atoms with Crippen LogP contribution in [0, 0.1) is 0 Å². The van der Waals surface area contributed by atoms with Crippen molar-refractivity contribution >= 4 is 22.5 Å². The molecule has 0 bridgehead atoms. The van der Waals surface area contributed by atoms with Gasteiger partial charge in [0.2, 0.25) is 5.13 Å². The lowest BCUT2D eigenvalue weighted by atomic mass is 10.2. The zero-order chi connectivity index (χ0) is 18.1. The van der Waals surface area contributed by atoms with Crippen LogP contribution in [0.15, 0.2) is 24.8 Å². The highest BCUT2D eigenvalue weighted by Gasteiger charge is 2.22. The Morgan fingerprint density at radius 3 is 2.42 bits per heavy atom. The molecule has 8 nitrogen and oxygen atoms in total. The zero-order valence-electron chi connectivity index (χ0n) is 15.2. The summed E-state index contributed by atoms with van der Waals surface area (Å²) in [5.74, 6) is 2.21. The van der Waals surface area contributed by atoms with Gasteiger partial charge in [0.15, 0.2) is 0 Å². The number of hydrogen-bond acceptors (Lipinski definition) is 8. The highest BCUT2D eigenvalue weighted by Crippen LogP contribution is 2.24. The van der Waals surface area contributed by atoms with E-state index in [4.69, 9.17) is 4.98 Å². The first-order chi connectivity index (χ1) is 12.6. The molecule has 1 fully saturated rings. The Morgan fingerprint density at radius 1 is 1.00 bits per heavy atom. The van der Waals surface area contributed by atoms with Crippen molar-refractivity contribution in [2.45, 2.75) is 19.8 Å². The molecule has 0 aromatic carbocycles. The summed E-state index contributed by atoms with van der Waals surface area (Å²) in [6, 6.07) is 0. The average Bonchev–Trinajstić information content (AvgIpc) is 3.31. The second kappa shape index (κ2) is 6.99. The molecule has 1 saturated heterocycles. The standard InChI is InChI=1S/C17H22N8S/c1-12(2)16-21-17(26-22-16)25-6-4-24(5-7-25)15-10-18-9-14(20-15)13-8-19-23(3)11-13/h8-12H,4-7H2,1-3H3. The molecule has 0 unspecified atom stereocenters. The Labute approximate surface area is 156 Å². The minimum absolute atomic E-state index is 0.367. The molecular formula is C17H22N8S. The summed E-state index contributed by atoms with van der Waals surface area (Å²) in [5, 5.41) is 5.23. The second-order valence-electron chi connectivity index (χ2n) is 6.73. The van der Waals surface area contributed by atoms with Crippen molar-refractivity contribution in [3.63, 3.8) is 0 Å². The first-order valence-corrected chi connectivity index (χ1v) is 9.52. The van der Waals surface area contributed by atoms with Crippen molar-refractivity contribution in [3.05, 3.63) is 30.6 Å². The van der Waals surface area contributed by atoms with Crippen LogP contribution >= 0.6 is 11.5 Å². The lowest BCUT2D eigenvalue weighted by molar-refractivity contribution is 0.643. The molecule has 0 radical (unpaired) electrons. The third kappa shape index (κ3) is 3.39. The molecule has 1 aliphatic heterocycles. The first-order valence-electron chi connectivity index (χ1n) is 8.74. The van der Waals surface area contributed by atoms with Crippen LogP contribution in [0.2, 0.25) is 0 Å². The predicted molar refractivity (Wildman–Crippen MR) is 103 cm³/mol. The van der Waals surface area contributed by atoms with Crippen LogP contribution in [0.3, 0.4) is 0 Å². The van der Waals surface area contributed by atoms with Crippen LogP contribution in [-0.4, -0.2) is 55.3 Å². The van der Waals surface area contributed by atoms with Gasteiger partial charge in [-0.15, -0.1) is 0 Å². The van der Waals surface area contributed by atoms with Gasteiger partial charge < -0.3 is 9.80 Å². The zero-order valence-corrected chi connectivity index (χ0v) is 16.0. The minimum atomic E-state index is 0.367. The Kier molecular flexibility index (Phi) is 4.54. The third-order valence-electron chi connectivity index (χ3n) is 4.44. The van der Waals surface area contributed by atoms with Crippen molar-refractivity contribution in [2.75, 3.05) is 36.0 Å². The number of nitrogens with zero attached hydrogens (tertiary/aromatic N) is 8. The summed E-state index contributed by atoms with van der Waals surface area (Å²) in [7, 11) is 1.90. The maximum absolute atomic E-state index is 4.77. The summed E-state index contributed by atoms with van der Waals surface area (Å²) in [5.41, 5.74) is 1.83. The van der Waals surface area contributed by atoms with Gasteiger partial charge >= 0.3 is 0 Å². The summed E-state index contributed by atoms with van der Waals surface area (Å²) in [4.78, 5) is 18.4. The topological polar surface area (TPSA) is 75.9 Å². The molecule has 0 N–H and O–H groups in total. The molecule has 9 heteroatoms. The fraction of sp³-hybridized carbons (Fsp3) is 0.471. The largest absolute Gasteiger partial charge is 0.352 e. The Balaban J connectivity index is 1.44. The normalized spacial score (nSPS) is 15.1. The van der Waals surface area contributed by atoms with Crippen LogP contribution in [0.25, 0.3) is 11.3 Å². The molecule has 4 rings (SSSR count). The van der Waals surface area contributed by atoms with Gasteiger partial charge in [0, 0.05) is 62.4 Å². The van der Waals surface area contributed by atoms with E-state index in [0.29, 0.717) is 5.92 Å². The van der Waals surface area contributed by atoms with Gasteiger partial charge in [-0.1, -0.05) is 13.8 Å². The molecule has 3 aromatic rings. The van der Waals surface area contributed by atoms with Crippen LogP contribution in [0.4, 0.5) is 10.9 Å². The maximum atomic E-state index is 4.77. The number of piperazine rings is 1. The van der Waals surface area contributed by atoms with Crippen molar-refractivity contribution in [1.82, 2.24) is 29.1 Å². The van der Waals surface area contributed by atoms with E-state index < -0.39 is 0 Å². The SMILES string of the molecule is CC(C)c1nsc(N2CCN(c3cncc(-c4cnn(C)c4)n3)CC2)n1. The van der Waals surface area contributed by atoms with Gasteiger partial charge in [0.1, 0.15) is 11.6 Å². The van der Waals surface area contributed by atoms with E-state index in [0.717, 1.165) is 54.2 Å². The quantitative estimate of drug-likeness (QED) is 0.697. The summed E-state index contributed by atoms with van der Waals surface area (Å²) < 4.78 is 6.23. The molecule has 26 heavy (non-hydrogen) atoms. The number of aromatic nitrogens is 6. The van der Waals surface area contributed by atoms with Crippen LogP contribution in [0.5, 0.6) is 0 Å². The van der Waals surface area contributed by atoms with Gasteiger partial charge in [-0.2, -0.15) is 9.47 Å². The highest BCUT2D eigenvalue weighted by molar-refractivity contribution is 7.09. The van der Waals surface area contributed by atoms with E-state index in [2.05, 4.69) is 43.1 Å². The number of hydrogen-bond donors (Lipinski definition) is 0. The first kappa shape index (κ1) is 16.9. The number of anilines is 2. The summed E-state index contributed by atoms with van der Waals surface area (Å²) in [6.07, 6.45) is 7.38. The van der Waals surface area contributed by atoms with Crippen molar-refractivity contribution in [2.24, 2.45) is 7.05 Å². The molecule has 136 valence electrons. The third-order valence-corrected chi connectivity index (χ3v) is 5.24. The van der Waals surface area contributed by atoms with Gasteiger partial charge in [-0.05, 0) is 0 Å². The number of aryl methyl sites for hydroxylation is 1. The molecule has 3 aromatic heterocycles. The predicted octanol–water partition coefficient (Wildman–Crippen LogP) is 2.18. The van der Waals surface area contributed by atoms with Crippen molar-refractivity contribution < 1.29 is 0 Å². The van der Waals surface area contributed by atoms with Crippen LogP contribution in [0.1, 0.15) is 25.6 Å². The molecule has 1 aliphatic rings. The maximum Gasteiger partial charge on any atom is 0.205 e. The molecular weight excluding hydrogens is 348 g/mol. The highest BCUT2D eigenvalue weighted by atomic mass is 32.1. The molecule has 4 heterocycles. The summed E-state index contributed by atoms with van der Waals surface area (Å²) >= 11 is 1.49. The Morgan fingerprint density at radius 2 is 1.77 bits per heavy atom. The molecule has 0 aliphatic carbocycles. The number of rotatable bonds is 4. The molecule has 0 spiro atoms. The molecule has 0 amide bonds. The van der Waals surface area contributed by atoms with Gasteiger partial charge in [0.05, 0.1) is 24.3 Å². The Bertz CT molecular complexity index is 878. The van der Waals surface area contributed by atoms with E-state index in [1.165, 1.54) is 11.5 Å². The fourth-order valence-electron chi connectivity index (χ4n) is 2.92. The van der Waals surface area contributed by atoms with Gasteiger partial charge in [0.25, 0.3) is 0 Å². The Hall–Kier alpha value is -2.55. The van der Waals surface area contributed by atoms with Gasteiger partial charge in [-0.25, -0.2) is 9.97 Å². The summed E-state index contributed by atoms with van der Waals surface area (Å²) in [6.45, 7) is 7.84. The minimum Gasteiger partial charge on any atom is -0.352 e. The van der Waals surface area contributed by atoms with Gasteiger partial charge in [-0.3, -0.25) is 9.67 Å². The monoisotopic (exact) mass is 370 g/mol. The fourth-order valence-corrected chi connectivity index (χ4v) is 3.78. The van der Waals surface area contributed by atoms with E-state index in [-0.39, 0.29) is 0 Å². The van der Waals surface area contributed by atoms with E-state index >= 15 is 0 Å². The van der Waals surface area contributed by atoms with Crippen molar-refractivity contribution in [1.29, 1.82) is 0 Å². The van der Waals surface area contributed by atoms with E-state index in [1.54, 1.807) is 10.9 Å². The lowest BCUT2D eigenvalue weighted by Crippen LogP contribution is -2.46. The second-order valence-corrected chi connectivity index (χ2v) is 7.46. The van der Waals surface area contributed by atoms with Crippen molar-refractivity contribution in [3.8, 4) is 11.3 Å². The van der Waals surface area contributed by atoms with E-state index in [9.17, 15) is 0 Å². The lowest BCUT2D eigenvalue weighted by Gasteiger charge is -2.34. The smallest absolute Gasteiger partial charge is 0.205 e. The molecule has 0 atom stereocenters. The van der Waals surface area contributed by atoms with E-state index in [1.807, 2.05) is 25.6 Å². The molecule has 0 saturated carbocycles.